The lowest BCUT2D eigenvalue weighted by atomic mass is 9.89. The molecule has 1 aliphatic carbocycles. The number of nitrogens with zero attached hydrogens (tertiary/aromatic N) is 3. The third-order valence-corrected chi connectivity index (χ3v) is 3.72. The molecular weight excluding hydrogens is 254 g/mol. The van der Waals surface area contributed by atoms with Crippen molar-refractivity contribution in [1.29, 1.82) is 0 Å². The van der Waals surface area contributed by atoms with E-state index in [4.69, 9.17) is 9.15 Å². The van der Waals surface area contributed by atoms with Gasteiger partial charge in [0.25, 0.3) is 0 Å². The summed E-state index contributed by atoms with van der Waals surface area (Å²) in [5, 5.41) is 8.07. The van der Waals surface area contributed by atoms with Crippen LogP contribution < -0.4 is 0 Å². The first-order valence-electron chi connectivity index (χ1n) is 7.15. The van der Waals surface area contributed by atoms with Crippen LogP contribution in [0.1, 0.15) is 38.5 Å². The first-order valence-corrected chi connectivity index (χ1v) is 7.15. The lowest BCUT2D eigenvalue weighted by Crippen LogP contribution is -2.21. The van der Waals surface area contributed by atoms with Gasteiger partial charge in [-0.05, 0) is 30.9 Å². The quantitative estimate of drug-likeness (QED) is 0.855. The van der Waals surface area contributed by atoms with Crippen LogP contribution in [-0.2, 0) is 11.3 Å². The summed E-state index contributed by atoms with van der Waals surface area (Å²) in [6, 6.07) is 3.70. The average Bonchev–Trinajstić information content (AvgIpc) is 2.95. The summed E-state index contributed by atoms with van der Waals surface area (Å²) >= 11 is 0. The second kappa shape index (κ2) is 6.13. The van der Waals surface area contributed by atoms with Crippen LogP contribution in [-0.4, -0.2) is 21.3 Å². The zero-order valence-electron chi connectivity index (χ0n) is 11.7. The van der Waals surface area contributed by atoms with E-state index < -0.39 is 0 Å². The van der Waals surface area contributed by atoms with Crippen LogP contribution in [0.15, 0.2) is 28.9 Å². The molecule has 20 heavy (non-hydrogen) atoms. The first kappa shape index (κ1) is 13.2. The van der Waals surface area contributed by atoms with Crippen molar-refractivity contribution in [1.82, 2.24) is 15.2 Å². The van der Waals surface area contributed by atoms with Gasteiger partial charge in [0.2, 0.25) is 11.8 Å². The molecule has 0 aliphatic heterocycles. The second-order valence-corrected chi connectivity index (χ2v) is 5.44. The van der Waals surface area contributed by atoms with E-state index in [9.17, 15) is 0 Å². The summed E-state index contributed by atoms with van der Waals surface area (Å²) in [5.74, 6) is 1.81. The van der Waals surface area contributed by atoms with Gasteiger partial charge in [0, 0.05) is 18.0 Å². The van der Waals surface area contributed by atoms with Gasteiger partial charge in [-0.1, -0.05) is 19.8 Å². The Morgan fingerprint density at radius 3 is 2.90 bits per heavy atom. The van der Waals surface area contributed by atoms with Crippen LogP contribution in [0.4, 0.5) is 0 Å². The molecule has 106 valence electrons. The Labute approximate surface area is 118 Å². The summed E-state index contributed by atoms with van der Waals surface area (Å²) in [5.41, 5.74) is 0.880. The van der Waals surface area contributed by atoms with Crippen LogP contribution in [0.25, 0.3) is 11.5 Å². The molecule has 0 saturated heterocycles. The highest BCUT2D eigenvalue weighted by atomic mass is 16.5. The van der Waals surface area contributed by atoms with Gasteiger partial charge in [0.15, 0.2) is 0 Å². The first-order chi connectivity index (χ1) is 9.81. The zero-order valence-corrected chi connectivity index (χ0v) is 11.7. The van der Waals surface area contributed by atoms with Gasteiger partial charge < -0.3 is 9.15 Å². The average molecular weight is 273 g/mol. The van der Waals surface area contributed by atoms with E-state index >= 15 is 0 Å². The second-order valence-electron chi connectivity index (χ2n) is 5.44. The van der Waals surface area contributed by atoms with Crippen LogP contribution in [0.2, 0.25) is 0 Å². The Balaban J connectivity index is 1.58. The molecule has 0 spiro atoms. The SMILES string of the molecule is CC1CCCC(OCc2nnc(-c3ccncc3)o2)C1. The van der Waals surface area contributed by atoms with E-state index in [2.05, 4.69) is 22.1 Å². The topological polar surface area (TPSA) is 61.0 Å². The third kappa shape index (κ3) is 3.22. The highest BCUT2D eigenvalue weighted by Crippen LogP contribution is 2.26. The fourth-order valence-corrected chi connectivity index (χ4v) is 2.64. The van der Waals surface area contributed by atoms with Gasteiger partial charge >= 0.3 is 0 Å². The van der Waals surface area contributed by atoms with E-state index in [0.717, 1.165) is 24.3 Å². The fourth-order valence-electron chi connectivity index (χ4n) is 2.64. The van der Waals surface area contributed by atoms with E-state index in [-0.39, 0.29) is 0 Å². The molecule has 2 atom stereocenters. The lowest BCUT2D eigenvalue weighted by molar-refractivity contribution is -0.00444. The Bertz CT molecular complexity index is 541. The van der Waals surface area contributed by atoms with E-state index in [1.165, 1.54) is 12.8 Å². The summed E-state index contributed by atoms with van der Waals surface area (Å²) in [6.07, 6.45) is 8.57. The van der Waals surface area contributed by atoms with E-state index in [1.54, 1.807) is 12.4 Å². The smallest absolute Gasteiger partial charge is 0.247 e. The van der Waals surface area contributed by atoms with Crippen molar-refractivity contribution in [3.05, 3.63) is 30.4 Å². The molecule has 0 N–H and O–H groups in total. The molecule has 0 aromatic carbocycles. The Morgan fingerprint density at radius 1 is 1.25 bits per heavy atom. The predicted molar refractivity (Wildman–Crippen MR) is 73.7 cm³/mol. The molecular formula is C15H19N3O2. The van der Waals surface area contributed by atoms with Crippen molar-refractivity contribution in [2.75, 3.05) is 0 Å². The lowest BCUT2D eigenvalue weighted by Gasteiger charge is -2.26. The number of hydrogen-bond acceptors (Lipinski definition) is 5. The number of hydrogen-bond donors (Lipinski definition) is 0. The van der Waals surface area contributed by atoms with Crippen molar-refractivity contribution < 1.29 is 9.15 Å². The highest BCUT2D eigenvalue weighted by molar-refractivity contribution is 5.50. The molecule has 5 heteroatoms. The maximum atomic E-state index is 5.88. The van der Waals surface area contributed by atoms with Crippen molar-refractivity contribution in [2.24, 2.45) is 5.92 Å². The van der Waals surface area contributed by atoms with Gasteiger partial charge in [-0.3, -0.25) is 4.98 Å². The summed E-state index contributed by atoms with van der Waals surface area (Å²) in [7, 11) is 0. The Morgan fingerprint density at radius 2 is 2.10 bits per heavy atom. The van der Waals surface area contributed by atoms with Crippen LogP contribution in [0.5, 0.6) is 0 Å². The van der Waals surface area contributed by atoms with Crippen molar-refractivity contribution in [2.45, 2.75) is 45.3 Å². The number of rotatable bonds is 4. The molecule has 1 aliphatic rings. The maximum Gasteiger partial charge on any atom is 0.247 e. The van der Waals surface area contributed by atoms with Gasteiger partial charge in [0.1, 0.15) is 6.61 Å². The summed E-state index contributed by atoms with van der Waals surface area (Å²) < 4.78 is 11.5. The standard InChI is InChI=1S/C15H19N3O2/c1-11-3-2-4-13(9-11)19-10-14-17-18-15(20-14)12-5-7-16-8-6-12/h5-8,11,13H,2-4,9-10H2,1H3. The molecule has 1 saturated carbocycles. The fraction of sp³-hybridized carbons (Fsp3) is 0.533. The molecule has 0 amide bonds. The molecule has 0 radical (unpaired) electrons. The largest absolute Gasteiger partial charge is 0.418 e. The molecule has 2 aromatic heterocycles. The molecule has 2 aromatic rings. The minimum atomic E-state index is 0.329. The van der Waals surface area contributed by atoms with E-state index in [0.29, 0.717) is 24.5 Å². The Kier molecular flexibility index (Phi) is 4.06. The van der Waals surface area contributed by atoms with Crippen molar-refractivity contribution in [3.63, 3.8) is 0 Å². The minimum Gasteiger partial charge on any atom is -0.418 e. The molecule has 2 unspecified atom stereocenters. The summed E-state index contributed by atoms with van der Waals surface area (Å²) in [4.78, 5) is 3.97. The van der Waals surface area contributed by atoms with Gasteiger partial charge in [-0.15, -0.1) is 10.2 Å². The maximum absolute atomic E-state index is 5.88. The Hall–Kier alpha value is -1.75. The number of aromatic nitrogens is 3. The van der Waals surface area contributed by atoms with Crippen LogP contribution >= 0.6 is 0 Å². The predicted octanol–water partition coefficient (Wildman–Crippen LogP) is 3.23. The molecule has 2 heterocycles. The molecule has 3 rings (SSSR count). The number of ether oxygens (including phenoxy) is 1. The van der Waals surface area contributed by atoms with Gasteiger partial charge in [0.05, 0.1) is 6.10 Å². The van der Waals surface area contributed by atoms with Gasteiger partial charge in [-0.2, -0.15) is 0 Å². The normalized spacial score (nSPS) is 22.9. The van der Waals surface area contributed by atoms with Crippen molar-refractivity contribution in [3.8, 4) is 11.5 Å². The third-order valence-electron chi connectivity index (χ3n) is 3.72. The van der Waals surface area contributed by atoms with Crippen LogP contribution in [0.3, 0.4) is 0 Å². The minimum absolute atomic E-state index is 0.329. The highest BCUT2D eigenvalue weighted by Gasteiger charge is 2.20. The molecule has 5 nitrogen and oxygen atoms in total. The summed E-state index contributed by atoms with van der Waals surface area (Å²) in [6.45, 7) is 2.68. The van der Waals surface area contributed by atoms with Crippen LogP contribution in [0, 0.1) is 5.92 Å². The zero-order chi connectivity index (χ0) is 13.8. The molecule has 0 bridgehead atoms. The number of pyridine rings is 1. The van der Waals surface area contributed by atoms with E-state index in [1.807, 2.05) is 12.1 Å². The van der Waals surface area contributed by atoms with Crippen molar-refractivity contribution >= 4 is 0 Å². The van der Waals surface area contributed by atoms with Gasteiger partial charge in [-0.25, -0.2) is 0 Å². The molecule has 1 fully saturated rings. The monoisotopic (exact) mass is 273 g/mol.